The molecule has 0 N–H and O–H groups in total. The maximum absolute atomic E-state index is 13.2. The van der Waals surface area contributed by atoms with Crippen molar-refractivity contribution in [3.05, 3.63) is 89.5 Å². The van der Waals surface area contributed by atoms with Gasteiger partial charge in [-0.2, -0.15) is 13.2 Å². The molecular weight excluding hydrogens is 357 g/mol. The SMILES string of the molecule is C=C(/C=C\Cc1ccccc1C1(C)CC1C)c1ccccc1C(F)(F)F.CC. The van der Waals surface area contributed by atoms with Gasteiger partial charge in [0.1, 0.15) is 0 Å². The van der Waals surface area contributed by atoms with Crippen LogP contribution in [0.4, 0.5) is 13.2 Å². The summed E-state index contributed by atoms with van der Waals surface area (Å²) in [5.41, 5.74) is 2.67. The largest absolute Gasteiger partial charge is 0.417 e. The van der Waals surface area contributed by atoms with E-state index in [0.29, 0.717) is 17.9 Å². The van der Waals surface area contributed by atoms with Gasteiger partial charge < -0.3 is 0 Å². The molecule has 1 fully saturated rings. The molecule has 1 aliphatic rings. The van der Waals surface area contributed by atoms with Crippen molar-refractivity contribution >= 4 is 5.57 Å². The lowest BCUT2D eigenvalue weighted by molar-refractivity contribution is -0.137. The van der Waals surface area contributed by atoms with E-state index >= 15 is 0 Å². The Labute approximate surface area is 166 Å². The Morgan fingerprint density at radius 3 is 2.29 bits per heavy atom. The number of allylic oxidation sites excluding steroid dienone is 3. The van der Waals surface area contributed by atoms with Crippen LogP contribution in [0, 0.1) is 5.92 Å². The first-order valence-corrected chi connectivity index (χ1v) is 9.84. The first-order chi connectivity index (χ1) is 13.2. The van der Waals surface area contributed by atoms with E-state index in [1.165, 1.54) is 29.7 Å². The summed E-state index contributed by atoms with van der Waals surface area (Å²) in [5, 5.41) is 0. The molecule has 0 aromatic heterocycles. The summed E-state index contributed by atoms with van der Waals surface area (Å²) < 4.78 is 39.5. The summed E-state index contributed by atoms with van der Waals surface area (Å²) in [6.07, 6.45) is 1.09. The normalized spacial score (nSPS) is 21.2. The molecule has 2 aromatic carbocycles. The van der Waals surface area contributed by atoms with Crippen LogP contribution in [-0.4, -0.2) is 0 Å². The number of rotatable bonds is 5. The van der Waals surface area contributed by atoms with E-state index in [-0.39, 0.29) is 11.0 Å². The van der Waals surface area contributed by atoms with Crippen molar-refractivity contribution in [1.29, 1.82) is 0 Å². The van der Waals surface area contributed by atoms with Crippen LogP contribution in [0.2, 0.25) is 0 Å². The van der Waals surface area contributed by atoms with Gasteiger partial charge in [-0.1, -0.05) is 88.9 Å². The molecule has 0 spiro atoms. The Kier molecular flexibility index (Phi) is 6.92. The van der Waals surface area contributed by atoms with Crippen LogP contribution in [0.5, 0.6) is 0 Å². The Balaban J connectivity index is 0.00000136. The Hall–Kier alpha value is -2.29. The van der Waals surface area contributed by atoms with E-state index in [2.05, 4.69) is 38.6 Å². The second kappa shape index (κ2) is 8.81. The minimum Gasteiger partial charge on any atom is -0.166 e. The third kappa shape index (κ3) is 4.76. The summed E-state index contributed by atoms with van der Waals surface area (Å²) in [6.45, 7) is 12.4. The van der Waals surface area contributed by atoms with Gasteiger partial charge in [0, 0.05) is 0 Å². The van der Waals surface area contributed by atoms with E-state index < -0.39 is 11.7 Å². The predicted octanol–water partition coefficient (Wildman–Crippen LogP) is 7.84. The number of hydrogen-bond acceptors (Lipinski definition) is 0. The predicted molar refractivity (Wildman–Crippen MR) is 112 cm³/mol. The van der Waals surface area contributed by atoms with Crippen LogP contribution >= 0.6 is 0 Å². The van der Waals surface area contributed by atoms with Gasteiger partial charge in [0.25, 0.3) is 0 Å². The molecule has 0 radical (unpaired) electrons. The molecule has 3 heteroatoms. The maximum atomic E-state index is 13.2. The molecular formula is C25H29F3. The molecule has 2 atom stereocenters. The van der Waals surface area contributed by atoms with Gasteiger partial charge in [-0.3, -0.25) is 0 Å². The fourth-order valence-electron chi connectivity index (χ4n) is 3.64. The van der Waals surface area contributed by atoms with Gasteiger partial charge in [-0.25, -0.2) is 0 Å². The summed E-state index contributed by atoms with van der Waals surface area (Å²) in [4.78, 5) is 0. The lowest BCUT2D eigenvalue weighted by atomic mass is 9.89. The molecule has 3 rings (SSSR count). The highest BCUT2D eigenvalue weighted by Crippen LogP contribution is 2.54. The van der Waals surface area contributed by atoms with E-state index in [4.69, 9.17) is 0 Å². The molecule has 2 aromatic rings. The Morgan fingerprint density at radius 1 is 1.11 bits per heavy atom. The molecule has 1 aliphatic carbocycles. The molecule has 2 unspecified atom stereocenters. The van der Waals surface area contributed by atoms with Crippen molar-refractivity contribution in [2.75, 3.05) is 0 Å². The smallest absolute Gasteiger partial charge is 0.166 e. The maximum Gasteiger partial charge on any atom is 0.417 e. The van der Waals surface area contributed by atoms with Gasteiger partial charge >= 0.3 is 6.18 Å². The summed E-state index contributed by atoms with van der Waals surface area (Å²) in [7, 11) is 0. The zero-order chi connectivity index (χ0) is 20.9. The van der Waals surface area contributed by atoms with E-state index in [1.54, 1.807) is 12.1 Å². The van der Waals surface area contributed by atoms with Gasteiger partial charge in [-0.05, 0) is 52.5 Å². The first kappa shape index (κ1) is 22.0. The fourth-order valence-corrected chi connectivity index (χ4v) is 3.64. The van der Waals surface area contributed by atoms with Crippen LogP contribution in [0.1, 0.15) is 56.4 Å². The van der Waals surface area contributed by atoms with Crippen LogP contribution in [0.3, 0.4) is 0 Å². The third-order valence-electron chi connectivity index (χ3n) is 5.53. The Bertz CT molecular complexity index is 845. The molecule has 0 bridgehead atoms. The highest BCUT2D eigenvalue weighted by Gasteiger charge is 2.48. The second-order valence-electron chi connectivity index (χ2n) is 7.35. The van der Waals surface area contributed by atoms with Gasteiger partial charge in [0.2, 0.25) is 0 Å². The highest BCUT2D eigenvalue weighted by molar-refractivity contribution is 5.74. The molecule has 0 amide bonds. The van der Waals surface area contributed by atoms with Crippen molar-refractivity contribution < 1.29 is 13.2 Å². The van der Waals surface area contributed by atoms with Crippen LogP contribution < -0.4 is 0 Å². The summed E-state index contributed by atoms with van der Waals surface area (Å²) in [5.74, 6) is 0.668. The van der Waals surface area contributed by atoms with Crippen molar-refractivity contribution in [3.63, 3.8) is 0 Å². The average Bonchev–Trinajstić information content (AvgIpc) is 3.30. The third-order valence-corrected chi connectivity index (χ3v) is 5.53. The number of alkyl halides is 3. The number of benzene rings is 2. The van der Waals surface area contributed by atoms with Crippen molar-refractivity contribution in [1.82, 2.24) is 0 Å². The van der Waals surface area contributed by atoms with Crippen molar-refractivity contribution in [2.45, 2.75) is 52.1 Å². The minimum atomic E-state index is -4.38. The standard InChI is InChI=1S/C23H23F3.C2H6/c1-16(19-12-5-7-14-21(19)23(24,25)26)9-8-11-18-10-4-6-13-20(18)22(3)15-17(22)2;1-2/h4-10,12-14,17H,1,11,15H2,2-3H3;1-2H3/b9-8-;. The average molecular weight is 387 g/mol. The number of hydrogen-bond donors (Lipinski definition) is 0. The monoisotopic (exact) mass is 386 g/mol. The highest BCUT2D eigenvalue weighted by atomic mass is 19.4. The molecule has 0 saturated heterocycles. The zero-order valence-corrected chi connectivity index (χ0v) is 17.1. The summed E-state index contributed by atoms with van der Waals surface area (Å²) in [6, 6.07) is 13.9. The zero-order valence-electron chi connectivity index (χ0n) is 17.1. The number of halogens is 3. The lowest BCUT2D eigenvalue weighted by Gasteiger charge is -2.15. The van der Waals surface area contributed by atoms with Crippen LogP contribution in [0.25, 0.3) is 5.57 Å². The van der Waals surface area contributed by atoms with Crippen molar-refractivity contribution in [2.24, 2.45) is 5.92 Å². The van der Waals surface area contributed by atoms with E-state index in [9.17, 15) is 13.2 Å². The fraction of sp³-hybridized carbons (Fsp3) is 0.360. The summed E-state index contributed by atoms with van der Waals surface area (Å²) >= 11 is 0. The van der Waals surface area contributed by atoms with E-state index in [0.717, 1.165) is 6.07 Å². The minimum absolute atomic E-state index is 0.132. The van der Waals surface area contributed by atoms with Gasteiger partial charge in [0.05, 0.1) is 5.56 Å². The quantitative estimate of drug-likeness (QED) is 0.459. The molecule has 150 valence electrons. The van der Waals surface area contributed by atoms with Crippen molar-refractivity contribution in [3.8, 4) is 0 Å². The topological polar surface area (TPSA) is 0 Å². The van der Waals surface area contributed by atoms with Crippen LogP contribution in [-0.2, 0) is 18.0 Å². The van der Waals surface area contributed by atoms with Gasteiger partial charge in [0.15, 0.2) is 0 Å². The molecule has 0 nitrogen and oxygen atoms in total. The van der Waals surface area contributed by atoms with Gasteiger partial charge in [-0.15, -0.1) is 0 Å². The lowest BCUT2D eigenvalue weighted by Crippen LogP contribution is -2.08. The first-order valence-electron chi connectivity index (χ1n) is 9.84. The molecule has 0 heterocycles. The Morgan fingerprint density at radius 2 is 1.68 bits per heavy atom. The molecule has 28 heavy (non-hydrogen) atoms. The molecule has 1 saturated carbocycles. The van der Waals surface area contributed by atoms with E-state index in [1.807, 2.05) is 26.0 Å². The second-order valence-corrected chi connectivity index (χ2v) is 7.35. The van der Waals surface area contributed by atoms with Crippen LogP contribution in [0.15, 0.2) is 67.3 Å². The molecule has 0 aliphatic heterocycles.